The quantitative estimate of drug-likeness (QED) is 0.196. The second kappa shape index (κ2) is 11.1. The zero-order valence-corrected chi connectivity index (χ0v) is 17.0. The molecule has 29 heavy (non-hydrogen) atoms. The minimum atomic E-state index is -0.824. The van der Waals surface area contributed by atoms with Crippen LogP contribution in [0, 0.1) is 20.2 Å². The second-order valence-corrected chi connectivity index (χ2v) is 7.02. The summed E-state index contributed by atoms with van der Waals surface area (Å²) < 4.78 is 11.7. The average Bonchev–Trinajstić information content (AvgIpc) is 2.70. The van der Waals surface area contributed by atoms with Crippen molar-refractivity contribution >= 4 is 33.3 Å². The first kappa shape index (κ1) is 22.3. The Kier molecular flexibility index (Phi) is 8.53. The molecule has 0 bridgehead atoms. The first-order chi connectivity index (χ1) is 13.9. The van der Waals surface area contributed by atoms with Crippen LogP contribution < -0.4 is 4.74 Å². The van der Waals surface area contributed by atoms with Crippen LogP contribution in [0.3, 0.4) is 0 Å². The lowest BCUT2D eigenvalue weighted by atomic mass is 10.1. The second-order valence-electron chi connectivity index (χ2n) is 6.10. The predicted octanol–water partition coefficient (Wildman–Crippen LogP) is 5.06. The topological polar surface area (TPSA) is 122 Å². The molecule has 0 saturated carbocycles. The average molecular weight is 467 g/mol. The third-order valence-corrected chi connectivity index (χ3v) is 4.44. The van der Waals surface area contributed by atoms with Crippen LogP contribution in [0.5, 0.6) is 5.75 Å². The van der Waals surface area contributed by atoms with E-state index in [-0.39, 0.29) is 12.2 Å². The van der Waals surface area contributed by atoms with Gasteiger partial charge < -0.3 is 9.47 Å². The highest BCUT2D eigenvalue weighted by Gasteiger charge is 2.20. The Morgan fingerprint density at radius 2 is 1.41 bits per heavy atom. The van der Waals surface area contributed by atoms with Gasteiger partial charge in [-0.05, 0) is 49.9 Å². The Labute approximate surface area is 175 Å². The maximum Gasteiger partial charge on any atom is 0.338 e. The summed E-state index contributed by atoms with van der Waals surface area (Å²) >= 11 is 3.36. The number of rotatable bonds is 11. The molecule has 0 saturated heterocycles. The highest BCUT2D eigenvalue weighted by Crippen LogP contribution is 2.23. The van der Waals surface area contributed by atoms with Gasteiger partial charge in [0, 0.05) is 16.6 Å². The summed E-state index contributed by atoms with van der Waals surface area (Å²) in [5, 5.41) is 21.7. The maximum absolute atomic E-state index is 12.0. The van der Waals surface area contributed by atoms with Crippen molar-refractivity contribution in [1.82, 2.24) is 0 Å². The van der Waals surface area contributed by atoms with Crippen LogP contribution in [0.4, 0.5) is 11.4 Å². The molecule has 0 amide bonds. The molecule has 9 nitrogen and oxygen atoms in total. The minimum absolute atomic E-state index is 0.128. The zero-order chi connectivity index (χ0) is 21.2. The van der Waals surface area contributed by atoms with Crippen LogP contribution in [0.2, 0.25) is 0 Å². The first-order valence-electron chi connectivity index (χ1n) is 8.86. The molecule has 0 atom stereocenters. The number of hydrogen-bond acceptors (Lipinski definition) is 7. The van der Waals surface area contributed by atoms with Gasteiger partial charge in [0.2, 0.25) is 0 Å². The lowest BCUT2D eigenvalue weighted by Crippen LogP contribution is -2.08. The lowest BCUT2D eigenvalue weighted by molar-refractivity contribution is -0.394. The number of benzene rings is 2. The largest absolute Gasteiger partial charge is 0.494 e. The van der Waals surface area contributed by atoms with Crippen molar-refractivity contribution < 1.29 is 24.1 Å². The standard InChI is InChI=1S/C19H19BrN2O7/c20-15-5-7-18(8-6-15)28-9-3-1-2-4-10-29-19(23)14-11-16(21(24)25)13-17(12-14)22(26)27/h5-8,11-13H,1-4,9-10H2. The Hall–Kier alpha value is -3.01. The molecule has 2 rings (SSSR count). The number of ether oxygens (including phenoxy) is 2. The summed E-state index contributed by atoms with van der Waals surface area (Å²) in [5.74, 6) is -0.0245. The summed E-state index contributed by atoms with van der Waals surface area (Å²) in [6, 6.07) is 10.3. The maximum atomic E-state index is 12.0. The van der Waals surface area contributed by atoms with Crippen LogP contribution >= 0.6 is 15.9 Å². The molecule has 0 radical (unpaired) electrons. The number of esters is 1. The number of unbranched alkanes of at least 4 members (excludes halogenated alkanes) is 3. The summed E-state index contributed by atoms with van der Waals surface area (Å²) in [6.07, 6.45) is 3.16. The van der Waals surface area contributed by atoms with Crippen molar-refractivity contribution in [3.63, 3.8) is 0 Å². The molecule has 2 aromatic carbocycles. The third-order valence-electron chi connectivity index (χ3n) is 3.91. The van der Waals surface area contributed by atoms with Gasteiger partial charge in [-0.15, -0.1) is 0 Å². The van der Waals surface area contributed by atoms with Crippen molar-refractivity contribution in [2.75, 3.05) is 13.2 Å². The molecule has 0 aromatic heterocycles. The fourth-order valence-electron chi connectivity index (χ4n) is 2.45. The highest BCUT2D eigenvalue weighted by atomic mass is 79.9. The molecule has 0 N–H and O–H groups in total. The molecule has 0 fully saturated rings. The molecule has 154 valence electrons. The fraction of sp³-hybridized carbons (Fsp3) is 0.316. The van der Waals surface area contributed by atoms with Crippen molar-refractivity contribution in [2.45, 2.75) is 25.7 Å². The number of nitrogens with zero attached hydrogens (tertiary/aromatic N) is 2. The van der Waals surface area contributed by atoms with Crippen LogP contribution in [-0.4, -0.2) is 29.0 Å². The number of nitro benzene ring substituents is 2. The van der Waals surface area contributed by atoms with Gasteiger partial charge >= 0.3 is 5.97 Å². The Balaban J connectivity index is 1.68. The summed E-state index contributed by atoms with van der Waals surface area (Å²) in [5.41, 5.74) is -1.28. The van der Waals surface area contributed by atoms with Gasteiger partial charge in [0.05, 0.1) is 34.7 Å². The third kappa shape index (κ3) is 7.49. The van der Waals surface area contributed by atoms with E-state index >= 15 is 0 Å². The summed E-state index contributed by atoms with van der Waals surface area (Å²) in [4.78, 5) is 32.2. The number of carbonyl (C=O) groups excluding carboxylic acids is 1. The molecule has 10 heteroatoms. The van der Waals surface area contributed by atoms with Gasteiger partial charge in [0.15, 0.2) is 0 Å². The van der Waals surface area contributed by atoms with E-state index in [0.29, 0.717) is 13.0 Å². The summed E-state index contributed by atoms with van der Waals surface area (Å²) in [7, 11) is 0. The molecule has 0 aliphatic carbocycles. The van der Waals surface area contributed by atoms with Crippen molar-refractivity contribution in [3.05, 3.63) is 72.7 Å². The summed E-state index contributed by atoms with van der Waals surface area (Å²) in [6.45, 7) is 0.710. The van der Waals surface area contributed by atoms with Crippen LogP contribution in [0.25, 0.3) is 0 Å². The Bertz CT molecular complexity index is 839. The Morgan fingerprint density at radius 1 is 0.862 bits per heavy atom. The van der Waals surface area contributed by atoms with E-state index in [1.54, 1.807) is 0 Å². The molecule has 0 heterocycles. The van der Waals surface area contributed by atoms with Gasteiger partial charge in [-0.2, -0.15) is 0 Å². The molecule has 0 aliphatic heterocycles. The number of hydrogen-bond donors (Lipinski definition) is 0. The number of halogens is 1. The minimum Gasteiger partial charge on any atom is -0.494 e. The fourth-order valence-corrected chi connectivity index (χ4v) is 2.71. The van der Waals surface area contributed by atoms with E-state index in [0.717, 1.165) is 47.7 Å². The van der Waals surface area contributed by atoms with Gasteiger partial charge in [0.1, 0.15) is 5.75 Å². The van der Waals surface area contributed by atoms with Crippen molar-refractivity contribution in [1.29, 1.82) is 0 Å². The molecular weight excluding hydrogens is 448 g/mol. The number of nitro groups is 2. The van der Waals surface area contributed by atoms with Crippen molar-refractivity contribution in [3.8, 4) is 5.75 Å². The van der Waals surface area contributed by atoms with Gasteiger partial charge in [-0.1, -0.05) is 15.9 Å². The van der Waals surface area contributed by atoms with E-state index < -0.39 is 27.2 Å². The SMILES string of the molecule is O=C(OCCCCCCOc1ccc(Br)cc1)c1cc([N+](=O)[O-])cc([N+](=O)[O-])c1. The van der Waals surface area contributed by atoms with Gasteiger partial charge in [0.25, 0.3) is 11.4 Å². The molecule has 2 aromatic rings. The van der Waals surface area contributed by atoms with E-state index in [9.17, 15) is 25.0 Å². The van der Waals surface area contributed by atoms with Crippen LogP contribution in [0.1, 0.15) is 36.0 Å². The van der Waals surface area contributed by atoms with Crippen LogP contribution in [0.15, 0.2) is 46.9 Å². The van der Waals surface area contributed by atoms with Crippen molar-refractivity contribution in [2.24, 2.45) is 0 Å². The van der Waals surface area contributed by atoms with Crippen LogP contribution in [-0.2, 0) is 4.74 Å². The molecule has 0 unspecified atom stereocenters. The van der Waals surface area contributed by atoms with E-state index in [2.05, 4.69) is 15.9 Å². The van der Waals surface area contributed by atoms with Gasteiger partial charge in [-0.25, -0.2) is 4.79 Å². The molecule has 0 aliphatic rings. The van der Waals surface area contributed by atoms with E-state index in [1.165, 1.54) is 0 Å². The number of carbonyl (C=O) groups is 1. The van der Waals surface area contributed by atoms with E-state index in [4.69, 9.17) is 9.47 Å². The zero-order valence-electron chi connectivity index (χ0n) is 15.4. The first-order valence-corrected chi connectivity index (χ1v) is 9.65. The van der Waals surface area contributed by atoms with E-state index in [1.807, 2.05) is 24.3 Å². The smallest absolute Gasteiger partial charge is 0.338 e. The molecule has 0 spiro atoms. The highest BCUT2D eigenvalue weighted by molar-refractivity contribution is 9.10. The normalized spacial score (nSPS) is 10.4. The Morgan fingerprint density at radius 3 is 1.97 bits per heavy atom. The molecular formula is C19H19BrN2O7. The van der Waals surface area contributed by atoms with Gasteiger partial charge in [-0.3, -0.25) is 20.2 Å². The lowest BCUT2D eigenvalue weighted by Gasteiger charge is -2.07. The number of non-ortho nitro benzene ring substituents is 2. The predicted molar refractivity (Wildman–Crippen MR) is 108 cm³/mol. The monoisotopic (exact) mass is 466 g/mol.